The van der Waals surface area contributed by atoms with Crippen LogP contribution in [-0.4, -0.2) is 29.8 Å². The molecule has 2 amide bonds. The summed E-state index contributed by atoms with van der Waals surface area (Å²) in [6.45, 7) is 1.59. The fourth-order valence-corrected chi connectivity index (χ4v) is 7.75. The minimum atomic E-state index is -0.381. The molecule has 0 aromatic rings. The van der Waals surface area contributed by atoms with Crippen molar-refractivity contribution in [3.63, 3.8) is 0 Å². The van der Waals surface area contributed by atoms with Gasteiger partial charge >= 0.3 is 6.03 Å². The summed E-state index contributed by atoms with van der Waals surface area (Å²) in [5.74, 6) is 4.37. The molecule has 0 aromatic heterocycles. The highest BCUT2D eigenvalue weighted by molar-refractivity contribution is 5.73. The summed E-state index contributed by atoms with van der Waals surface area (Å²) in [6.07, 6.45) is 13.4. The predicted octanol–water partition coefficient (Wildman–Crippen LogP) is 3.44. The maximum atomic E-state index is 12.1. The first-order valence-corrected chi connectivity index (χ1v) is 10.8. The van der Waals surface area contributed by atoms with Crippen LogP contribution < -0.4 is 10.6 Å². The van der Waals surface area contributed by atoms with Gasteiger partial charge in [-0.3, -0.25) is 0 Å². The zero-order chi connectivity index (χ0) is 17.1. The molecule has 140 valence electrons. The van der Waals surface area contributed by atoms with Crippen molar-refractivity contribution < 1.29 is 9.90 Å². The molecule has 6 aliphatic rings. The van der Waals surface area contributed by atoms with E-state index in [1.165, 1.54) is 38.5 Å². The van der Waals surface area contributed by atoms with Crippen molar-refractivity contribution in [2.45, 2.75) is 76.2 Å². The number of carbonyl (C=O) groups excluding carboxylic acids is 1. The van der Waals surface area contributed by atoms with Gasteiger partial charge in [-0.25, -0.2) is 4.79 Å². The summed E-state index contributed by atoms with van der Waals surface area (Å²) in [5.41, 5.74) is -0.0781. The Morgan fingerprint density at radius 2 is 1.76 bits per heavy atom. The number of amides is 2. The van der Waals surface area contributed by atoms with Crippen molar-refractivity contribution in [3.8, 4) is 0 Å². The predicted molar refractivity (Wildman–Crippen MR) is 97.0 cm³/mol. The molecule has 25 heavy (non-hydrogen) atoms. The van der Waals surface area contributed by atoms with Crippen LogP contribution in [0.1, 0.15) is 70.6 Å². The topological polar surface area (TPSA) is 61.4 Å². The van der Waals surface area contributed by atoms with Crippen LogP contribution in [0.3, 0.4) is 0 Å². The normalized spacial score (nSPS) is 49.1. The molecule has 6 saturated carbocycles. The SMILES string of the molecule is O=C(NCCC1CCC2CC12)NCCC12CC3CC(CC(O)(C3)C1)C2. The Morgan fingerprint density at radius 3 is 2.40 bits per heavy atom. The lowest BCUT2D eigenvalue weighted by atomic mass is 9.47. The Morgan fingerprint density at radius 1 is 1.00 bits per heavy atom. The first-order valence-electron chi connectivity index (χ1n) is 10.8. The fourth-order valence-electron chi connectivity index (χ4n) is 7.75. The second-order valence-corrected chi connectivity index (χ2v) is 10.4. The van der Waals surface area contributed by atoms with Gasteiger partial charge in [-0.15, -0.1) is 0 Å². The van der Waals surface area contributed by atoms with Crippen LogP contribution in [0.4, 0.5) is 4.79 Å². The quantitative estimate of drug-likeness (QED) is 0.690. The van der Waals surface area contributed by atoms with Crippen LogP contribution >= 0.6 is 0 Å². The lowest BCUT2D eigenvalue weighted by molar-refractivity contribution is -0.165. The standard InChI is InChI=1S/C21H34N2O2/c24-19(22-5-3-16-1-2-17-8-18(16)17)23-6-4-20-9-14-7-15(10-20)12-21(25,11-14)13-20/h14-18,25H,1-13H2,(H2,22,23,24). The second kappa shape index (κ2) is 5.87. The maximum absolute atomic E-state index is 12.1. The van der Waals surface area contributed by atoms with E-state index in [1.807, 2.05) is 0 Å². The number of aliphatic hydroxyl groups is 1. The van der Waals surface area contributed by atoms with Crippen molar-refractivity contribution in [1.82, 2.24) is 10.6 Å². The molecule has 4 bridgehead atoms. The van der Waals surface area contributed by atoms with E-state index < -0.39 is 0 Å². The van der Waals surface area contributed by atoms with Gasteiger partial charge in [-0.2, -0.15) is 0 Å². The molecular weight excluding hydrogens is 312 g/mol. The molecule has 0 aliphatic heterocycles. The molecule has 0 heterocycles. The highest BCUT2D eigenvalue weighted by atomic mass is 16.3. The summed E-state index contributed by atoms with van der Waals surface area (Å²) in [4.78, 5) is 12.1. The van der Waals surface area contributed by atoms with E-state index in [0.717, 1.165) is 74.8 Å². The van der Waals surface area contributed by atoms with Crippen molar-refractivity contribution >= 4 is 6.03 Å². The first-order chi connectivity index (χ1) is 12.0. The summed E-state index contributed by atoms with van der Waals surface area (Å²) in [7, 11) is 0. The van der Waals surface area contributed by atoms with Gasteiger partial charge in [0.1, 0.15) is 0 Å². The van der Waals surface area contributed by atoms with Gasteiger partial charge in [-0.1, -0.05) is 0 Å². The van der Waals surface area contributed by atoms with E-state index in [-0.39, 0.29) is 11.6 Å². The van der Waals surface area contributed by atoms with Crippen LogP contribution in [0.2, 0.25) is 0 Å². The van der Waals surface area contributed by atoms with Crippen LogP contribution in [0, 0.1) is 35.0 Å². The van der Waals surface area contributed by atoms with E-state index in [4.69, 9.17) is 0 Å². The molecule has 4 heteroatoms. The molecule has 4 nitrogen and oxygen atoms in total. The molecule has 0 radical (unpaired) electrons. The van der Waals surface area contributed by atoms with Gasteiger partial charge in [0.2, 0.25) is 0 Å². The highest BCUT2D eigenvalue weighted by Crippen LogP contribution is 2.62. The Hall–Kier alpha value is -0.770. The molecule has 5 atom stereocenters. The van der Waals surface area contributed by atoms with Gasteiger partial charge in [0.15, 0.2) is 0 Å². The van der Waals surface area contributed by atoms with Crippen LogP contribution in [-0.2, 0) is 0 Å². The average molecular weight is 347 g/mol. The number of hydrogen-bond acceptors (Lipinski definition) is 2. The Balaban J connectivity index is 1.04. The van der Waals surface area contributed by atoms with Crippen LogP contribution in [0.15, 0.2) is 0 Å². The third-order valence-corrected chi connectivity index (χ3v) is 8.38. The Bertz CT molecular complexity index is 534. The molecule has 6 fully saturated rings. The van der Waals surface area contributed by atoms with Gasteiger partial charge in [0.25, 0.3) is 0 Å². The summed E-state index contributed by atoms with van der Waals surface area (Å²) in [6, 6.07) is 0.00813. The van der Waals surface area contributed by atoms with Crippen molar-refractivity contribution in [2.24, 2.45) is 35.0 Å². The monoisotopic (exact) mass is 346 g/mol. The lowest BCUT2D eigenvalue weighted by Gasteiger charge is -2.60. The zero-order valence-corrected chi connectivity index (χ0v) is 15.4. The molecule has 6 aliphatic carbocycles. The van der Waals surface area contributed by atoms with E-state index in [0.29, 0.717) is 5.41 Å². The van der Waals surface area contributed by atoms with E-state index >= 15 is 0 Å². The molecule has 6 rings (SSSR count). The van der Waals surface area contributed by atoms with Crippen molar-refractivity contribution in [2.75, 3.05) is 13.1 Å². The second-order valence-electron chi connectivity index (χ2n) is 10.4. The molecular formula is C21H34N2O2. The van der Waals surface area contributed by atoms with Gasteiger partial charge in [-0.05, 0) is 106 Å². The number of fused-ring (bicyclic) bond motifs is 1. The van der Waals surface area contributed by atoms with E-state index in [9.17, 15) is 9.90 Å². The number of carbonyl (C=O) groups is 1. The molecule has 3 N–H and O–H groups in total. The van der Waals surface area contributed by atoms with Crippen molar-refractivity contribution in [1.29, 1.82) is 0 Å². The van der Waals surface area contributed by atoms with Gasteiger partial charge < -0.3 is 15.7 Å². The minimum Gasteiger partial charge on any atom is -0.390 e. The summed E-state index contributed by atoms with van der Waals surface area (Å²) < 4.78 is 0. The van der Waals surface area contributed by atoms with Gasteiger partial charge in [0, 0.05) is 13.1 Å². The third-order valence-electron chi connectivity index (χ3n) is 8.38. The highest BCUT2D eigenvalue weighted by Gasteiger charge is 2.56. The number of rotatable bonds is 6. The number of urea groups is 1. The third kappa shape index (κ3) is 3.20. The van der Waals surface area contributed by atoms with Crippen LogP contribution in [0.5, 0.6) is 0 Å². The Labute approximate surface area is 151 Å². The zero-order valence-electron chi connectivity index (χ0n) is 15.4. The lowest BCUT2D eigenvalue weighted by Crippen LogP contribution is -2.56. The minimum absolute atomic E-state index is 0.00813. The van der Waals surface area contributed by atoms with Crippen molar-refractivity contribution in [3.05, 3.63) is 0 Å². The largest absolute Gasteiger partial charge is 0.390 e. The molecule has 5 unspecified atom stereocenters. The summed E-state index contributed by atoms with van der Waals surface area (Å²) in [5, 5.41) is 17.0. The maximum Gasteiger partial charge on any atom is 0.314 e. The van der Waals surface area contributed by atoms with E-state index in [1.54, 1.807) is 0 Å². The molecule has 0 saturated heterocycles. The number of hydrogen-bond donors (Lipinski definition) is 3. The Kier molecular flexibility index (Phi) is 3.85. The number of nitrogens with one attached hydrogen (secondary N) is 2. The molecule has 0 spiro atoms. The van der Waals surface area contributed by atoms with Crippen LogP contribution in [0.25, 0.3) is 0 Å². The fraction of sp³-hybridized carbons (Fsp3) is 0.952. The average Bonchev–Trinajstić information content (AvgIpc) is 3.19. The summed E-state index contributed by atoms with van der Waals surface area (Å²) >= 11 is 0. The smallest absolute Gasteiger partial charge is 0.314 e. The van der Waals surface area contributed by atoms with Gasteiger partial charge in [0.05, 0.1) is 5.60 Å². The van der Waals surface area contributed by atoms with E-state index in [2.05, 4.69) is 10.6 Å². The first kappa shape index (κ1) is 16.4. The molecule has 0 aromatic carbocycles.